The number of cyclic esters (lactones) is 1. The Morgan fingerprint density at radius 2 is 1.97 bits per heavy atom. The summed E-state index contributed by atoms with van der Waals surface area (Å²) in [6, 6.07) is 0. The van der Waals surface area contributed by atoms with Crippen molar-refractivity contribution in [1.82, 2.24) is 0 Å². The van der Waals surface area contributed by atoms with Gasteiger partial charge in [-0.15, -0.1) is 0 Å². The zero-order valence-electron chi connectivity index (χ0n) is 19.2. The first-order valence-corrected chi connectivity index (χ1v) is 13.2. The van der Waals surface area contributed by atoms with Gasteiger partial charge in [0.2, 0.25) is 0 Å². The molecular weight excluding hydrogens is 384 g/mol. The number of phenolic OH excluding ortho intramolecular Hbond substituents is 1. The van der Waals surface area contributed by atoms with Gasteiger partial charge in [-0.05, 0) is 56.8 Å². The van der Waals surface area contributed by atoms with E-state index in [9.17, 15) is 9.90 Å². The van der Waals surface area contributed by atoms with Crippen LogP contribution in [0, 0.1) is 6.92 Å². The second-order valence-corrected chi connectivity index (χ2v) is 14.2. The molecule has 6 heteroatoms. The topological polar surface area (TPSA) is 65.0 Å². The molecule has 0 saturated carbocycles. The van der Waals surface area contributed by atoms with Crippen LogP contribution in [-0.4, -0.2) is 33.1 Å². The molecule has 0 fully saturated rings. The first kappa shape index (κ1) is 23.5. The van der Waals surface area contributed by atoms with Crippen LogP contribution in [0.15, 0.2) is 11.6 Å². The molecule has 5 nitrogen and oxygen atoms in total. The molecule has 1 N–H and O–H groups in total. The standard InChI is InChI=1S/C23H36O5Si/c1-15(10-9-13-28-29(7,8)23(3,4)5)11-12-17-20(24)19-18(14-27-22(19)25)16(2)21(17)26-6/h11,24H,9-10,12-14H2,1-8H3/b15-11+. The summed E-state index contributed by atoms with van der Waals surface area (Å²) >= 11 is 0. The normalized spacial score (nSPS) is 14.8. The molecule has 0 aromatic heterocycles. The van der Waals surface area contributed by atoms with Gasteiger partial charge in [0.1, 0.15) is 23.7 Å². The van der Waals surface area contributed by atoms with Crippen molar-refractivity contribution in [1.29, 1.82) is 0 Å². The molecule has 1 aromatic rings. The maximum Gasteiger partial charge on any atom is 0.342 e. The van der Waals surface area contributed by atoms with Crippen LogP contribution >= 0.6 is 0 Å². The maximum absolute atomic E-state index is 12.0. The Morgan fingerprint density at radius 3 is 2.55 bits per heavy atom. The van der Waals surface area contributed by atoms with Gasteiger partial charge >= 0.3 is 5.97 Å². The molecular formula is C23H36O5Si. The van der Waals surface area contributed by atoms with Crippen molar-refractivity contribution in [2.24, 2.45) is 0 Å². The molecule has 1 aromatic carbocycles. The molecule has 0 atom stereocenters. The van der Waals surface area contributed by atoms with E-state index in [2.05, 4.69) is 46.9 Å². The summed E-state index contributed by atoms with van der Waals surface area (Å²) < 4.78 is 16.9. The number of esters is 1. The Balaban J connectivity index is 2.05. The van der Waals surface area contributed by atoms with Gasteiger partial charge in [0, 0.05) is 17.7 Å². The van der Waals surface area contributed by atoms with Crippen molar-refractivity contribution in [3.8, 4) is 11.5 Å². The molecule has 1 heterocycles. The summed E-state index contributed by atoms with van der Waals surface area (Å²) in [4.78, 5) is 12.0. The molecule has 0 unspecified atom stereocenters. The minimum Gasteiger partial charge on any atom is -0.507 e. The number of phenols is 1. The molecule has 29 heavy (non-hydrogen) atoms. The summed E-state index contributed by atoms with van der Waals surface area (Å²) in [6.45, 7) is 16.2. The lowest BCUT2D eigenvalue weighted by atomic mass is 9.94. The van der Waals surface area contributed by atoms with Gasteiger partial charge in [-0.3, -0.25) is 0 Å². The highest BCUT2D eigenvalue weighted by molar-refractivity contribution is 6.74. The number of carbonyl (C=O) groups is 1. The van der Waals surface area contributed by atoms with Crippen molar-refractivity contribution >= 4 is 14.3 Å². The highest BCUT2D eigenvalue weighted by Gasteiger charge is 2.36. The predicted molar refractivity (Wildman–Crippen MR) is 118 cm³/mol. The summed E-state index contributed by atoms with van der Waals surface area (Å²) in [5.41, 5.74) is 3.73. The number of aromatic hydroxyl groups is 1. The Morgan fingerprint density at radius 1 is 1.31 bits per heavy atom. The van der Waals surface area contributed by atoms with E-state index < -0.39 is 14.3 Å². The molecule has 0 saturated heterocycles. The summed E-state index contributed by atoms with van der Waals surface area (Å²) in [6.07, 6.45) is 4.50. The highest BCUT2D eigenvalue weighted by Crippen LogP contribution is 2.42. The van der Waals surface area contributed by atoms with Crippen molar-refractivity contribution in [2.45, 2.75) is 78.6 Å². The molecule has 0 spiro atoms. The van der Waals surface area contributed by atoms with E-state index in [0.29, 0.717) is 17.7 Å². The molecule has 2 rings (SSSR count). The van der Waals surface area contributed by atoms with Crippen molar-refractivity contribution in [3.05, 3.63) is 33.9 Å². The van der Waals surface area contributed by atoms with Crippen LogP contribution in [0.1, 0.15) is 67.6 Å². The fourth-order valence-electron chi connectivity index (χ4n) is 3.30. The lowest BCUT2D eigenvalue weighted by Gasteiger charge is -2.36. The monoisotopic (exact) mass is 420 g/mol. The van der Waals surface area contributed by atoms with E-state index in [1.807, 2.05) is 6.92 Å². The second kappa shape index (κ2) is 8.92. The van der Waals surface area contributed by atoms with Crippen LogP contribution in [0.4, 0.5) is 0 Å². The van der Waals surface area contributed by atoms with E-state index in [1.54, 1.807) is 7.11 Å². The number of rotatable bonds is 8. The number of methoxy groups -OCH3 is 1. The van der Waals surface area contributed by atoms with Crippen LogP contribution in [-0.2, 0) is 22.2 Å². The van der Waals surface area contributed by atoms with Crippen molar-refractivity contribution in [3.63, 3.8) is 0 Å². The van der Waals surface area contributed by atoms with Gasteiger partial charge in [0.05, 0.1) is 7.11 Å². The number of allylic oxidation sites excluding steroid dienone is 2. The van der Waals surface area contributed by atoms with Crippen LogP contribution in [0.25, 0.3) is 0 Å². The van der Waals surface area contributed by atoms with Gasteiger partial charge in [0.25, 0.3) is 0 Å². The molecule has 0 bridgehead atoms. The lowest BCUT2D eigenvalue weighted by Crippen LogP contribution is -2.40. The number of ether oxygens (including phenoxy) is 2. The fourth-order valence-corrected chi connectivity index (χ4v) is 4.39. The maximum atomic E-state index is 12.0. The third-order valence-corrected chi connectivity index (χ3v) is 10.8. The van der Waals surface area contributed by atoms with Gasteiger partial charge in [-0.2, -0.15) is 0 Å². The quantitative estimate of drug-likeness (QED) is 0.254. The van der Waals surface area contributed by atoms with Crippen LogP contribution in [0.3, 0.4) is 0 Å². The SMILES string of the molecule is COc1c(C)c2c(c(O)c1C/C=C(\C)CCCO[Si](C)(C)C(C)(C)C)C(=O)OC2. The molecule has 1 aliphatic heterocycles. The van der Waals surface area contributed by atoms with Crippen LogP contribution in [0.5, 0.6) is 11.5 Å². The first-order chi connectivity index (χ1) is 13.4. The Bertz CT molecular complexity index is 803. The first-order valence-electron chi connectivity index (χ1n) is 10.3. The minimum absolute atomic E-state index is 0.0183. The summed E-state index contributed by atoms with van der Waals surface area (Å²) in [5.74, 6) is 0.146. The largest absolute Gasteiger partial charge is 0.507 e. The van der Waals surface area contributed by atoms with E-state index >= 15 is 0 Å². The van der Waals surface area contributed by atoms with Gasteiger partial charge in [-0.1, -0.05) is 32.4 Å². The minimum atomic E-state index is -1.70. The third kappa shape index (κ3) is 5.04. The average molecular weight is 421 g/mol. The van der Waals surface area contributed by atoms with Gasteiger partial charge < -0.3 is 19.0 Å². The number of fused-ring (bicyclic) bond motifs is 1. The molecule has 1 aliphatic rings. The van der Waals surface area contributed by atoms with Crippen molar-refractivity contribution in [2.75, 3.05) is 13.7 Å². The molecule has 0 amide bonds. The zero-order valence-corrected chi connectivity index (χ0v) is 20.2. The van der Waals surface area contributed by atoms with Crippen LogP contribution < -0.4 is 4.74 Å². The highest BCUT2D eigenvalue weighted by atomic mass is 28.4. The number of hydrogen-bond donors (Lipinski definition) is 1. The average Bonchev–Trinajstić information content (AvgIpc) is 3.01. The van der Waals surface area contributed by atoms with E-state index in [4.69, 9.17) is 13.9 Å². The van der Waals surface area contributed by atoms with E-state index in [-0.39, 0.29) is 23.0 Å². The lowest BCUT2D eigenvalue weighted by molar-refractivity contribution is 0.0533. The number of hydrogen-bond acceptors (Lipinski definition) is 5. The zero-order chi connectivity index (χ0) is 22.0. The third-order valence-electron chi connectivity index (χ3n) is 6.29. The summed E-state index contributed by atoms with van der Waals surface area (Å²) in [5, 5.41) is 10.9. The smallest absolute Gasteiger partial charge is 0.342 e. The summed E-state index contributed by atoms with van der Waals surface area (Å²) in [7, 11) is -0.116. The molecule has 0 aliphatic carbocycles. The van der Waals surface area contributed by atoms with Crippen molar-refractivity contribution < 1.29 is 23.8 Å². The van der Waals surface area contributed by atoms with E-state index in [0.717, 1.165) is 30.6 Å². The number of benzene rings is 1. The van der Waals surface area contributed by atoms with Gasteiger partial charge in [-0.25, -0.2) is 4.79 Å². The second-order valence-electron chi connectivity index (χ2n) is 9.38. The molecule has 162 valence electrons. The van der Waals surface area contributed by atoms with E-state index in [1.165, 1.54) is 5.57 Å². The predicted octanol–water partition coefficient (Wildman–Crippen LogP) is 5.67. The number of carbonyl (C=O) groups excluding carboxylic acids is 1. The fraction of sp³-hybridized carbons (Fsp3) is 0.609. The van der Waals surface area contributed by atoms with Gasteiger partial charge in [0.15, 0.2) is 8.32 Å². The Kier molecular flexibility index (Phi) is 7.22. The van der Waals surface area contributed by atoms with Crippen LogP contribution in [0.2, 0.25) is 18.1 Å². The molecule has 0 radical (unpaired) electrons. The Hall–Kier alpha value is -1.79. The Labute approximate surface area is 176 Å².